The first-order valence-corrected chi connectivity index (χ1v) is 8.19. The van der Waals surface area contributed by atoms with E-state index < -0.39 is 10.0 Å². The summed E-state index contributed by atoms with van der Waals surface area (Å²) in [6.07, 6.45) is 3.48. The summed E-state index contributed by atoms with van der Waals surface area (Å²) in [5, 5.41) is 3.01. The Morgan fingerprint density at radius 3 is 2.53 bits per heavy atom. The smallest absolute Gasteiger partial charge is 0.212 e. The van der Waals surface area contributed by atoms with Gasteiger partial charge in [0.25, 0.3) is 0 Å². The molecule has 1 aliphatic rings. The molecule has 0 spiro atoms. The van der Waals surface area contributed by atoms with E-state index in [0.29, 0.717) is 13.1 Å². The third-order valence-corrected chi connectivity index (χ3v) is 4.35. The number of rotatable bonds is 9. The van der Waals surface area contributed by atoms with Gasteiger partial charge < -0.3 is 10.2 Å². The lowest BCUT2D eigenvalue weighted by atomic mass is 10.4. The van der Waals surface area contributed by atoms with Crippen LogP contribution in [0.15, 0.2) is 0 Å². The summed E-state index contributed by atoms with van der Waals surface area (Å²) in [6.45, 7) is 7.22. The molecule has 0 saturated carbocycles. The maximum atomic E-state index is 11.5. The second-order valence-corrected chi connectivity index (χ2v) is 6.40. The largest absolute Gasteiger partial charge is 0.316 e. The maximum absolute atomic E-state index is 11.5. The van der Waals surface area contributed by atoms with Gasteiger partial charge in [0.2, 0.25) is 10.0 Å². The van der Waals surface area contributed by atoms with Gasteiger partial charge in [-0.3, -0.25) is 0 Å². The Bertz CT molecular complexity index is 287. The van der Waals surface area contributed by atoms with Gasteiger partial charge in [-0.2, -0.15) is 0 Å². The highest BCUT2D eigenvalue weighted by molar-refractivity contribution is 7.89. The average Bonchev–Trinajstić information content (AvgIpc) is 2.77. The van der Waals surface area contributed by atoms with Crippen LogP contribution >= 0.6 is 0 Å². The first-order chi connectivity index (χ1) is 8.14. The van der Waals surface area contributed by atoms with Crippen molar-refractivity contribution in [2.75, 3.05) is 45.0 Å². The molecular formula is C11H25N3O2S. The van der Waals surface area contributed by atoms with Crippen LogP contribution < -0.4 is 10.0 Å². The fourth-order valence-electron chi connectivity index (χ4n) is 1.99. The molecule has 1 fully saturated rings. The maximum Gasteiger partial charge on any atom is 0.212 e. The van der Waals surface area contributed by atoms with Crippen LogP contribution in [0.5, 0.6) is 0 Å². The van der Waals surface area contributed by atoms with Gasteiger partial charge in [-0.05, 0) is 45.4 Å². The van der Waals surface area contributed by atoms with Crippen LogP contribution in [0.2, 0.25) is 0 Å². The number of sulfonamides is 1. The lowest BCUT2D eigenvalue weighted by Crippen LogP contribution is -2.33. The molecule has 0 aromatic heterocycles. The van der Waals surface area contributed by atoms with E-state index in [0.717, 1.165) is 19.5 Å². The Morgan fingerprint density at radius 1 is 1.18 bits per heavy atom. The number of nitrogens with one attached hydrogen (secondary N) is 2. The Balaban J connectivity index is 2.03. The Kier molecular flexibility index (Phi) is 7.03. The highest BCUT2D eigenvalue weighted by Gasteiger charge is 2.12. The van der Waals surface area contributed by atoms with E-state index in [-0.39, 0.29) is 5.75 Å². The molecule has 1 aliphatic heterocycles. The van der Waals surface area contributed by atoms with Crippen molar-refractivity contribution >= 4 is 10.0 Å². The fraction of sp³-hybridized carbons (Fsp3) is 1.00. The molecule has 0 radical (unpaired) electrons. The average molecular weight is 263 g/mol. The summed E-state index contributed by atoms with van der Waals surface area (Å²) >= 11 is 0. The summed E-state index contributed by atoms with van der Waals surface area (Å²) in [4.78, 5) is 2.40. The Morgan fingerprint density at radius 2 is 1.88 bits per heavy atom. The Hall–Kier alpha value is -0.170. The quantitative estimate of drug-likeness (QED) is 0.575. The van der Waals surface area contributed by atoms with Gasteiger partial charge in [-0.15, -0.1) is 0 Å². The predicted molar refractivity (Wildman–Crippen MR) is 70.6 cm³/mol. The van der Waals surface area contributed by atoms with Crippen molar-refractivity contribution < 1.29 is 8.42 Å². The zero-order valence-electron chi connectivity index (χ0n) is 10.7. The van der Waals surface area contributed by atoms with Crippen LogP contribution in [0.25, 0.3) is 0 Å². The predicted octanol–water partition coefficient (Wildman–Crippen LogP) is 0.00120. The van der Waals surface area contributed by atoms with Crippen LogP contribution in [0.3, 0.4) is 0 Å². The topological polar surface area (TPSA) is 61.4 Å². The molecule has 2 N–H and O–H groups in total. The summed E-state index contributed by atoms with van der Waals surface area (Å²) in [5.74, 6) is 0.171. The molecule has 0 amide bonds. The molecule has 1 heterocycles. The van der Waals surface area contributed by atoms with Crippen LogP contribution in [0.4, 0.5) is 0 Å². The van der Waals surface area contributed by atoms with Crippen LogP contribution in [0.1, 0.15) is 26.2 Å². The van der Waals surface area contributed by atoms with Crippen molar-refractivity contribution in [2.24, 2.45) is 0 Å². The van der Waals surface area contributed by atoms with Crippen molar-refractivity contribution in [3.8, 4) is 0 Å². The van der Waals surface area contributed by atoms with Crippen LogP contribution in [0, 0.1) is 0 Å². The standard InChI is InChI=1S/C11H25N3O2S/c1-2-12-7-11-17(15,16)13-6-5-10-14-8-3-4-9-14/h12-13H,2-11H2,1H3. The van der Waals surface area contributed by atoms with Gasteiger partial charge >= 0.3 is 0 Å². The zero-order chi connectivity index (χ0) is 12.6. The van der Waals surface area contributed by atoms with Gasteiger partial charge in [0.1, 0.15) is 0 Å². The highest BCUT2D eigenvalue weighted by atomic mass is 32.2. The van der Waals surface area contributed by atoms with Crippen molar-refractivity contribution in [3.63, 3.8) is 0 Å². The number of likely N-dealkylation sites (tertiary alicyclic amines) is 1. The molecule has 0 unspecified atom stereocenters. The SMILES string of the molecule is CCNCCS(=O)(=O)NCCCN1CCCC1. The van der Waals surface area contributed by atoms with E-state index in [1.54, 1.807) is 0 Å². The van der Waals surface area contributed by atoms with Crippen LogP contribution in [-0.2, 0) is 10.0 Å². The first-order valence-electron chi connectivity index (χ1n) is 6.54. The van der Waals surface area contributed by atoms with Gasteiger partial charge in [0, 0.05) is 13.1 Å². The lowest BCUT2D eigenvalue weighted by Gasteiger charge is -2.14. The molecule has 0 atom stereocenters. The van der Waals surface area contributed by atoms with E-state index in [1.165, 1.54) is 25.9 Å². The molecule has 0 aliphatic carbocycles. The molecular weight excluding hydrogens is 238 g/mol. The second kappa shape index (κ2) is 8.02. The van der Waals surface area contributed by atoms with E-state index >= 15 is 0 Å². The fourth-order valence-corrected chi connectivity index (χ4v) is 3.00. The minimum absolute atomic E-state index is 0.171. The molecule has 5 nitrogen and oxygen atoms in total. The van der Waals surface area contributed by atoms with E-state index in [4.69, 9.17) is 0 Å². The Labute approximate surface area is 105 Å². The number of hydrogen-bond acceptors (Lipinski definition) is 4. The molecule has 1 saturated heterocycles. The van der Waals surface area contributed by atoms with Crippen molar-refractivity contribution in [1.29, 1.82) is 0 Å². The van der Waals surface area contributed by atoms with E-state index in [9.17, 15) is 8.42 Å². The molecule has 17 heavy (non-hydrogen) atoms. The van der Waals surface area contributed by atoms with Gasteiger partial charge in [-0.25, -0.2) is 13.1 Å². The number of hydrogen-bond donors (Lipinski definition) is 2. The monoisotopic (exact) mass is 263 g/mol. The van der Waals surface area contributed by atoms with Gasteiger partial charge in [0.05, 0.1) is 5.75 Å². The molecule has 0 bridgehead atoms. The van der Waals surface area contributed by atoms with Crippen molar-refractivity contribution in [1.82, 2.24) is 14.9 Å². The van der Waals surface area contributed by atoms with E-state index in [1.807, 2.05) is 6.92 Å². The molecule has 0 aromatic carbocycles. The summed E-state index contributed by atoms with van der Waals surface area (Å²) in [5.41, 5.74) is 0. The van der Waals surface area contributed by atoms with Crippen molar-refractivity contribution in [3.05, 3.63) is 0 Å². The third-order valence-electron chi connectivity index (χ3n) is 2.97. The molecule has 1 rings (SSSR count). The minimum atomic E-state index is -3.08. The summed E-state index contributed by atoms with van der Waals surface area (Å²) in [7, 11) is -3.08. The zero-order valence-corrected chi connectivity index (χ0v) is 11.6. The third kappa shape index (κ3) is 6.98. The van der Waals surface area contributed by atoms with Gasteiger partial charge in [0.15, 0.2) is 0 Å². The van der Waals surface area contributed by atoms with Crippen LogP contribution in [-0.4, -0.2) is 58.3 Å². The first kappa shape index (κ1) is 14.9. The molecule has 0 aromatic rings. The van der Waals surface area contributed by atoms with E-state index in [2.05, 4.69) is 14.9 Å². The summed E-state index contributed by atoms with van der Waals surface area (Å²) in [6, 6.07) is 0. The van der Waals surface area contributed by atoms with Crippen molar-refractivity contribution in [2.45, 2.75) is 26.2 Å². The highest BCUT2D eigenvalue weighted by Crippen LogP contribution is 2.06. The number of nitrogens with zero attached hydrogens (tertiary/aromatic N) is 1. The normalized spacial score (nSPS) is 17.7. The minimum Gasteiger partial charge on any atom is -0.316 e. The molecule has 102 valence electrons. The lowest BCUT2D eigenvalue weighted by molar-refractivity contribution is 0.334. The molecule has 6 heteroatoms. The second-order valence-electron chi connectivity index (χ2n) is 4.47. The summed E-state index contributed by atoms with van der Waals surface area (Å²) < 4.78 is 25.7. The van der Waals surface area contributed by atoms with Gasteiger partial charge in [-0.1, -0.05) is 6.92 Å².